The highest BCUT2D eigenvalue weighted by molar-refractivity contribution is 5.90. The molecule has 0 spiro atoms. The minimum absolute atomic E-state index is 0.0555. The van der Waals surface area contributed by atoms with Crippen LogP contribution in [-0.4, -0.2) is 24.5 Å². The molecule has 2 N–H and O–H groups in total. The van der Waals surface area contributed by atoms with Crippen molar-refractivity contribution >= 4 is 27.9 Å². The van der Waals surface area contributed by atoms with Gasteiger partial charge in [-0.2, -0.15) is 0 Å². The van der Waals surface area contributed by atoms with Crippen LogP contribution in [0.3, 0.4) is 0 Å². The van der Waals surface area contributed by atoms with Crippen molar-refractivity contribution in [2.75, 3.05) is 5.32 Å². The number of imidazole rings is 1. The van der Waals surface area contributed by atoms with Gasteiger partial charge in [0.15, 0.2) is 0 Å². The maximum atomic E-state index is 4.92. The number of aromatic nitrogens is 5. The molecule has 6 heteroatoms. The van der Waals surface area contributed by atoms with Crippen LogP contribution in [0.2, 0.25) is 0 Å². The van der Waals surface area contributed by atoms with Crippen molar-refractivity contribution in [1.29, 1.82) is 0 Å². The van der Waals surface area contributed by atoms with Gasteiger partial charge in [-0.15, -0.1) is 0 Å². The molecular formula is C22H20N6. The summed E-state index contributed by atoms with van der Waals surface area (Å²) >= 11 is 0. The molecular weight excluding hydrogens is 348 g/mol. The van der Waals surface area contributed by atoms with Gasteiger partial charge < -0.3 is 10.3 Å². The number of para-hydroxylation sites is 3. The highest BCUT2D eigenvalue weighted by Crippen LogP contribution is 2.29. The molecule has 3 heterocycles. The summed E-state index contributed by atoms with van der Waals surface area (Å²) in [7, 11) is 0. The van der Waals surface area contributed by atoms with Crippen molar-refractivity contribution < 1.29 is 0 Å². The Morgan fingerprint density at radius 2 is 1.79 bits per heavy atom. The second kappa shape index (κ2) is 6.49. The van der Waals surface area contributed by atoms with Gasteiger partial charge in [0, 0.05) is 11.9 Å². The molecule has 0 radical (unpaired) electrons. The van der Waals surface area contributed by atoms with Crippen LogP contribution in [0.25, 0.3) is 27.8 Å². The zero-order chi connectivity index (χ0) is 19.1. The van der Waals surface area contributed by atoms with E-state index < -0.39 is 0 Å². The molecule has 2 aromatic carbocycles. The molecule has 1 atom stereocenters. The summed E-state index contributed by atoms with van der Waals surface area (Å²) in [6.45, 7) is 4.16. The third-order valence-electron chi connectivity index (χ3n) is 5.01. The number of hydrogen-bond acceptors (Lipinski definition) is 4. The zero-order valence-corrected chi connectivity index (χ0v) is 15.7. The van der Waals surface area contributed by atoms with Gasteiger partial charge >= 0.3 is 0 Å². The smallest absolute Gasteiger partial charge is 0.143 e. The van der Waals surface area contributed by atoms with Crippen LogP contribution in [0.4, 0.5) is 5.82 Å². The number of fused-ring (bicyclic) bond motifs is 2. The van der Waals surface area contributed by atoms with Crippen molar-refractivity contribution in [2.24, 2.45) is 0 Å². The average Bonchev–Trinajstić information content (AvgIpc) is 3.30. The van der Waals surface area contributed by atoms with E-state index >= 15 is 0 Å². The zero-order valence-electron chi connectivity index (χ0n) is 15.7. The number of benzene rings is 2. The van der Waals surface area contributed by atoms with E-state index in [1.54, 1.807) is 6.33 Å². The first-order valence-electron chi connectivity index (χ1n) is 9.30. The van der Waals surface area contributed by atoms with E-state index in [-0.39, 0.29) is 6.04 Å². The molecule has 0 aliphatic rings. The lowest BCUT2D eigenvalue weighted by Crippen LogP contribution is -2.14. The molecule has 0 saturated carbocycles. The standard InChI is InChI=1S/C22H20N6/c1-14-12-23-20-19(14)21(25-13-24-20)26-15(2)22-27-17-10-6-7-11-18(17)28(22)16-8-4-3-5-9-16/h3-13,15H,1-2H3,(H2,23,24,25,26). The van der Waals surface area contributed by atoms with E-state index in [1.165, 1.54) is 0 Å². The summed E-state index contributed by atoms with van der Waals surface area (Å²) in [5, 5.41) is 4.56. The largest absolute Gasteiger partial charge is 0.360 e. The first-order chi connectivity index (χ1) is 13.7. The molecule has 0 aliphatic carbocycles. The van der Waals surface area contributed by atoms with Crippen LogP contribution < -0.4 is 5.32 Å². The lowest BCUT2D eigenvalue weighted by atomic mass is 10.2. The number of hydrogen-bond donors (Lipinski definition) is 2. The summed E-state index contributed by atoms with van der Waals surface area (Å²) in [6, 6.07) is 18.5. The van der Waals surface area contributed by atoms with Gasteiger partial charge in [-0.3, -0.25) is 4.57 Å². The summed E-state index contributed by atoms with van der Waals surface area (Å²) < 4.78 is 2.20. The van der Waals surface area contributed by atoms with E-state index in [2.05, 4.69) is 56.9 Å². The third kappa shape index (κ3) is 2.62. The Hall–Kier alpha value is -3.67. The summed E-state index contributed by atoms with van der Waals surface area (Å²) in [4.78, 5) is 16.9. The first kappa shape index (κ1) is 16.5. The van der Waals surface area contributed by atoms with Gasteiger partial charge in [0.25, 0.3) is 0 Å². The molecule has 0 amide bonds. The van der Waals surface area contributed by atoms with Gasteiger partial charge in [-0.1, -0.05) is 30.3 Å². The number of anilines is 1. The lowest BCUT2D eigenvalue weighted by Gasteiger charge is -2.17. The first-order valence-corrected chi connectivity index (χ1v) is 9.30. The Morgan fingerprint density at radius 3 is 2.64 bits per heavy atom. The van der Waals surface area contributed by atoms with Crippen molar-refractivity contribution in [2.45, 2.75) is 19.9 Å². The van der Waals surface area contributed by atoms with Crippen LogP contribution >= 0.6 is 0 Å². The topological polar surface area (TPSA) is 71.4 Å². The second-order valence-corrected chi connectivity index (χ2v) is 6.91. The minimum atomic E-state index is -0.0555. The molecule has 0 aliphatic heterocycles. The highest BCUT2D eigenvalue weighted by Gasteiger charge is 2.19. The van der Waals surface area contributed by atoms with Gasteiger partial charge in [-0.05, 0) is 43.7 Å². The molecule has 6 nitrogen and oxygen atoms in total. The van der Waals surface area contributed by atoms with E-state index in [1.807, 2.05) is 42.6 Å². The van der Waals surface area contributed by atoms with Crippen molar-refractivity contribution in [3.05, 3.63) is 78.5 Å². The fourth-order valence-corrected chi connectivity index (χ4v) is 3.68. The van der Waals surface area contributed by atoms with Crippen molar-refractivity contribution in [1.82, 2.24) is 24.5 Å². The quantitative estimate of drug-likeness (QED) is 0.479. The van der Waals surface area contributed by atoms with Crippen LogP contribution in [0.1, 0.15) is 24.4 Å². The SMILES string of the molecule is Cc1c[nH]c2ncnc(NC(C)c3nc4ccccc4n3-c3ccccc3)c12. The Kier molecular flexibility index (Phi) is 3.83. The molecule has 138 valence electrons. The van der Waals surface area contributed by atoms with Gasteiger partial charge in [-0.25, -0.2) is 15.0 Å². The van der Waals surface area contributed by atoms with Crippen LogP contribution in [0.5, 0.6) is 0 Å². The number of H-pyrrole nitrogens is 1. The van der Waals surface area contributed by atoms with Gasteiger partial charge in [0.05, 0.1) is 22.5 Å². The average molecular weight is 368 g/mol. The Balaban J connectivity index is 1.63. The van der Waals surface area contributed by atoms with Crippen molar-refractivity contribution in [3.8, 4) is 5.69 Å². The molecule has 5 aromatic rings. The Bertz CT molecular complexity index is 1270. The fourth-order valence-electron chi connectivity index (χ4n) is 3.68. The van der Waals surface area contributed by atoms with E-state index in [0.29, 0.717) is 0 Å². The fraction of sp³-hybridized carbons (Fsp3) is 0.136. The van der Waals surface area contributed by atoms with Crippen molar-refractivity contribution in [3.63, 3.8) is 0 Å². The van der Waals surface area contributed by atoms with Gasteiger partial charge in [0.1, 0.15) is 23.6 Å². The van der Waals surface area contributed by atoms with E-state index in [0.717, 1.165) is 45.0 Å². The van der Waals surface area contributed by atoms with E-state index in [4.69, 9.17) is 4.98 Å². The summed E-state index contributed by atoms with van der Waals surface area (Å²) in [5.74, 6) is 1.75. The predicted molar refractivity (Wildman–Crippen MR) is 112 cm³/mol. The molecule has 0 bridgehead atoms. The monoisotopic (exact) mass is 368 g/mol. The maximum absolute atomic E-state index is 4.92. The molecule has 28 heavy (non-hydrogen) atoms. The molecule has 1 unspecified atom stereocenters. The number of aromatic amines is 1. The van der Waals surface area contributed by atoms with Crippen LogP contribution in [0.15, 0.2) is 67.1 Å². The molecule has 0 fully saturated rings. The number of rotatable bonds is 4. The Morgan fingerprint density at radius 1 is 1.00 bits per heavy atom. The number of nitrogens with zero attached hydrogens (tertiary/aromatic N) is 4. The predicted octanol–water partition coefficient (Wildman–Crippen LogP) is 4.78. The third-order valence-corrected chi connectivity index (χ3v) is 5.01. The highest BCUT2D eigenvalue weighted by atomic mass is 15.1. The number of nitrogens with one attached hydrogen (secondary N) is 2. The van der Waals surface area contributed by atoms with Gasteiger partial charge in [0.2, 0.25) is 0 Å². The minimum Gasteiger partial charge on any atom is -0.360 e. The molecule has 3 aromatic heterocycles. The van der Waals surface area contributed by atoms with Crippen LogP contribution in [0, 0.1) is 6.92 Å². The second-order valence-electron chi connectivity index (χ2n) is 6.91. The van der Waals surface area contributed by atoms with Crippen LogP contribution in [-0.2, 0) is 0 Å². The maximum Gasteiger partial charge on any atom is 0.143 e. The lowest BCUT2D eigenvalue weighted by molar-refractivity contribution is 0.770. The Labute approximate surface area is 162 Å². The van der Waals surface area contributed by atoms with E-state index in [9.17, 15) is 0 Å². The normalized spacial score (nSPS) is 12.5. The summed E-state index contributed by atoms with van der Waals surface area (Å²) in [5.41, 5.74) is 5.09. The number of aryl methyl sites for hydroxylation is 1. The molecule has 5 rings (SSSR count). The molecule has 0 saturated heterocycles. The summed E-state index contributed by atoms with van der Waals surface area (Å²) in [6.07, 6.45) is 3.53.